The Morgan fingerprint density at radius 2 is 2.06 bits per heavy atom. The topological polar surface area (TPSA) is 93.1 Å². The summed E-state index contributed by atoms with van der Waals surface area (Å²) in [6, 6.07) is 19.0. The molecule has 4 rings (SSSR count). The predicted octanol–water partition coefficient (Wildman–Crippen LogP) is 4.34. The van der Waals surface area contributed by atoms with Crippen molar-refractivity contribution in [2.24, 2.45) is 0 Å². The molecule has 2 heterocycles. The van der Waals surface area contributed by atoms with Gasteiger partial charge in [0.15, 0.2) is 17.1 Å². The summed E-state index contributed by atoms with van der Waals surface area (Å²) in [5, 5.41) is 17.7. The second-order valence-electron chi connectivity index (χ2n) is 6.73. The van der Waals surface area contributed by atoms with Crippen molar-refractivity contribution in [1.82, 2.24) is 15.1 Å². The lowest BCUT2D eigenvalue weighted by atomic mass is 10.1. The molecule has 7 heteroatoms. The smallest absolute Gasteiger partial charge is 0.261 e. The second kappa shape index (κ2) is 8.59. The lowest BCUT2D eigenvalue weighted by Crippen LogP contribution is -2.23. The summed E-state index contributed by atoms with van der Waals surface area (Å²) < 4.78 is 13.2. The molecule has 0 saturated heterocycles. The molecule has 154 valence electrons. The van der Waals surface area contributed by atoms with E-state index in [0.29, 0.717) is 34.9 Å². The number of fused-ring (bicyclic) bond motifs is 1. The maximum atomic E-state index is 12.3. The van der Waals surface area contributed by atoms with Gasteiger partial charge >= 0.3 is 0 Å². The summed E-state index contributed by atoms with van der Waals surface area (Å²) in [6.45, 7) is 2.23. The number of para-hydroxylation sites is 2. The lowest BCUT2D eigenvalue weighted by Gasteiger charge is -2.00. The molecule has 0 fully saturated rings. The molecule has 31 heavy (non-hydrogen) atoms. The summed E-state index contributed by atoms with van der Waals surface area (Å²) in [7, 11) is 1.58. The van der Waals surface area contributed by atoms with Crippen LogP contribution in [0.1, 0.15) is 12.5 Å². The monoisotopic (exact) mass is 412 g/mol. The summed E-state index contributed by atoms with van der Waals surface area (Å²) >= 11 is 0. The summed E-state index contributed by atoms with van der Waals surface area (Å²) in [4.78, 5) is 12.3. The highest BCUT2D eigenvalue weighted by Crippen LogP contribution is 2.35. The van der Waals surface area contributed by atoms with Gasteiger partial charge in [-0.3, -0.25) is 4.79 Å². The molecule has 0 atom stereocenters. The number of nitriles is 1. The third-order valence-corrected chi connectivity index (χ3v) is 4.73. The Bertz CT molecular complexity index is 1310. The van der Waals surface area contributed by atoms with Gasteiger partial charge in [-0.25, -0.2) is 4.68 Å². The number of rotatable bonds is 6. The Hall–Kier alpha value is -4.31. The van der Waals surface area contributed by atoms with E-state index in [9.17, 15) is 10.1 Å². The number of amides is 1. The quantitative estimate of drug-likeness (QED) is 0.376. The van der Waals surface area contributed by atoms with Crippen LogP contribution in [-0.2, 0) is 4.79 Å². The zero-order valence-corrected chi connectivity index (χ0v) is 17.1. The second-order valence-corrected chi connectivity index (χ2v) is 6.73. The SMILES string of the molecule is CCNC(=O)C(C#N)=Cc1cn(-c2ccccc2)nc1-c1cc2cccc(OC)c2o1. The number of carbonyl (C=O) groups is 1. The van der Waals surface area contributed by atoms with E-state index in [0.717, 1.165) is 11.1 Å². The molecule has 7 nitrogen and oxygen atoms in total. The fraction of sp³-hybridized carbons (Fsp3) is 0.125. The number of aromatic nitrogens is 2. The van der Waals surface area contributed by atoms with E-state index < -0.39 is 5.91 Å². The van der Waals surface area contributed by atoms with Crippen LogP contribution in [0.15, 0.2) is 70.8 Å². The number of hydrogen-bond acceptors (Lipinski definition) is 5. The first kappa shape index (κ1) is 20.0. The Balaban J connectivity index is 1.89. The zero-order chi connectivity index (χ0) is 21.8. The number of benzene rings is 2. The third-order valence-electron chi connectivity index (χ3n) is 4.73. The molecule has 0 saturated carbocycles. The lowest BCUT2D eigenvalue weighted by molar-refractivity contribution is -0.116. The summed E-state index contributed by atoms with van der Waals surface area (Å²) in [5.41, 5.74) is 2.54. The molecule has 1 N–H and O–H groups in total. The van der Waals surface area contributed by atoms with Crippen molar-refractivity contribution >= 4 is 23.0 Å². The number of carbonyl (C=O) groups excluding carboxylic acids is 1. The highest BCUT2D eigenvalue weighted by molar-refractivity contribution is 6.02. The first-order valence-electron chi connectivity index (χ1n) is 9.76. The molecular formula is C24H20N4O3. The maximum Gasteiger partial charge on any atom is 0.261 e. The van der Waals surface area contributed by atoms with Gasteiger partial charge in [-0.2, -0.15) is 10.4 Å². The highest BCUT2D eigenvalue weighted by Gasteiger charge is 2.19. The van der Waals surface area contributed by atoms with Crippen molar-refractivity contribution < 1.29 is 13.9 Å². The summed E-state index contributed by atoms with van der Waals surface area (Å²) in [5.74, 6) is 0.687. The van der Waals surface area contributed by atoms with Crippen LogP contribution in [0, 0.1) is 11.3 Å². The van der Waals surface area contributed by atoms with Crippen molar-refractivity contribution in [2.75, 3.05) is 13.7 Å². The molecule has 0 radical (unpaired) electrons. The molecule has 2 aromatic heterocycles. The molecule has 0 aliphatic rings. The molecule has 0 aliphatic heterocycles. The van der Waals surface area contributed by atoms with E-state index in [1.54, 1.807) is 24.9 Å². The number of hydrogen-bond donors (Lipinski definition) is 1. The first-order chi connectivity index (χ1) is 15.1. The van der Waals surface area contributed by atoms with E-state index in [1.807, 2.05) is 60.7 Å². The molecule has 4 aromatic rings. The van der Waals surface area contributed by atoms with Crippen molar-refractivity contribution in [3.63, 3.8) is 0 Å². The molecule has 0 unspecified atom stereocenters. The van der Waals surface area contributed by atoms with Gasteiger partial charge in [0.1, 0.15) is 17.3 Å². The minimum absolute atomic E-state index is 0.00981. The van der Waals surface area contributed by atoms with Crippen LogP contribution in [0.4, 0.5) is 0 Å². The van der Waals surface area contributed by atoms with Crippen molar-refractivity contribution in [3.8, 4) is 29.0 Å². The molecule has 1 amide bonds. The Morgan fingerprint density at radius 3 is 2.77 bits per heavy atom. The number of furan rings is 1. The van der Waals surface area contributed by atoms with E-state index >= 15 is 0 Å². The van der Waals surface area contributed by atoms with E-state index in [2.05, 4.69) is 5.32 Å². The summed E-state index contributed by atoms with van der Waals surface area (Å²) in [6.07, 6.45) is 3.29. The zero-order valence-electron chi connectivity index (χ0n) is 17.1. The molecule has 0 aliphatic carbocycles. The Kier molecular flexibility index (Phi) is 5.54. The first-order valence-corrected chi connectivity index (χ1v) is 9.76. The molecule has 0 bridgehead atoms. The van der Waals surface area contributed by atoms with E-state index in [-0.39, 0.29) is 5.57 Å². The number of nitrogens with zero attached hydrogens (tertiary/aromatic N) is 3. The molecule has 0 spiro atoms. The van der Waals surface area contributed by atoms with Crippen molar-refractivity contribution in [2.45, 2.75) is 6.92 Å². The fourth-order valence-electron chi connectivity index (χ4n) is 3.27. The molecule has 2 aromatic carbocycles. The van der Waals surface area contributed by atoms with Crippen LogP contribution in [0.25, 0.3) is 34.2 Å². The number of methoxy groups -OCH3 is 1. The van der Waals surface area contributed by atoms with Gasteiger partial charge in [0.25, 0.3) is 5.91 Å². The largest absolute Gasteiger partial charge is 0.493 e. The van der Waals surface area contributed by atoms with Crippen LogP contribution in [0.2, 0.25) is 0 Å². The van der Waals surface area contributed by atoms with Crippen molar-refractivity contribution in [1.29, 1.82) is 5.26 Å². The number of nitrogens with one attached hydrogen (secondary N) is 1. The van der Waals surface area contributed by atoms with E-state index in [4.69, 9.17) is 14.3 Å². The fourth-order valence-corrected chi connectivity index (χ4v) is 3.27. The Morgan fingerprint density at radius 1 is 1.26 bits per heavy atom. The van der Waals surface area contributed by atoms with Gasteiger partial charge in [0.2, 0.25) is 0 Å². The minimum atomic E-state index is -0.435. The van der Waals surface area contributed by atoms with Gasteiger partial charge < -0.3 is 14.5 Å². The highest BCUT2D eigenvalue weighted by atomic mass is 16.5. The average molecular weight is 412 g/mol. The van der Waals surface area contributed by atoms with Gasteiger partial charge in [0.05, 0.1) is 12.8 Å². The standard InChI is InChI=1S/C24H20N4O3/c1-3-26-24(29)17(14-25)12-18-15-28(19-9-5-4-6-10-19)27-22(18)21-13-16-8-7-11-20(30-2)23(16)31-21/h4-13,15H,3H2,1-2H3,(H,26,29). The number of ether oxygens (including phenoxy) is 1. The van der Waals surface area contributed by atoms with Crippen LogP contribution in [0.5, 0.6) is 5.75 Å². The third kappa shape index (κ3) is 3.91. The normalized spacial score (nSPS) is 11.3. The number of likely N-dealkylation sites (N-methyl/N-ethyl adjacent to an activating group) is 1. The maximum absolute atomic E-state index is 12.3. The van der Waals surface area contributed by atoms with Crippen LogP contribution < -0.4 is 10.1 Å². The van der Waals surface area contributed by atoms with Gasteiger partial charge in [0, 0.05) is 23.7 Å². The van der Waals surface area contributed by atoms with E-state index in [1.165, 1.54) is 6.08 Å². The predicted molar refractivity (Wildman–Crippen MR) is 118 cm³/mol. The van der Waals surface area contributed by atoms with Crippen LogP contribution in [0.3, 0.4) is 0 Å². The van der Waals surface area contributed by atoms with Gasteiger partial charge in [-0.15, -0.1) is 0 Å². The van der Waals surface area contributed by atoms with Crippen molar-refractivity contribution in [3.05, 3.63) is 71.9 Å². The van der Waals surface area contributed by atoms with Gasteiger partial charge in [-0.1, -0.05) is 30.3 Å². The van der Waals surface area contributed by atoms with Crippen LogP contribution >= 0.6 is 0 Å². The minimum Gasteiger partial charge on any atom is -0.493 e. The van der Waals surface area contributed by atoms with Crippen LogP contribution in [-0.4, -0.2) is 29.3 Å². The van der Waals surface area contributed by atoms with Gasteiger partial charge in [-0.05, 0) is 37.3 Å². The Labute approximate surface area is 179 Å². The molecular weight excluding hydrogens is 392 g/mol. The average Bonchev–Trinajstić information content (AvgIpc) is 3.42.